The molecule has 6 nitrogen and oxygen atoms in total. The molecule has 0 saturated carbocycles. The molecule has 0 atom stereocenters. The van der Waals surface area contributed by atoms with Gasteiger partial charge in [0.25, 0.3) is 0 Å². The second-order valence-corrected chi connectivity index (χ2v) is 6.69. The molecule has 0 N–H and O–H groups in total. The summed E-state index contributed by atoms with van der Waals surface area (Å²) in [4.78, 5) is 28.7. The highest BCUT2D eigenvalue weighted by Crippen LogP contribution is 2.24. The Kier molecular flexibility index (Phi) is 7.38. The molecule has 0 aliphatic rings. The summed E-state index contributed by atoms with van der Waals surface area (Å²) in [6.07, 6.45) is 6.43. The number of aromatic nitrogens is 2. The first-order chi connectivity index (χ1) is 14.7. The predicted molar refractivity (Wildman–Crippen MR) is 115 cm³/mol. The highest BCUT2D eigenvalue weighted by molar-refractivity contribution is 5.95. The zero-order valence-corrected chi connectivity index (χ0v) is 17.3. The first kappa shape index (κ1) is 21.3. The fourth-order valence-corrected chi connectivity index (χ4v) is 3.33. The largest absolute Gasteiger partial charge is 0.465 e. The second-order valence-electron chi connectivity index (χ2n) is 6.69. The van der Waals surface area contributed by atoms with Crippen molar-refractivity contribution in [2.24, 2.45) is 5.92 Å². The summed E-state index contributed by atoms with van der Waals surface area (Å²) in [5.41, 5.74) is 2.14. The Hall–Kier alpha value is -3.41. The fraction of sp³-hybridized carbons (Fsp3) is 0.292. The van der Waals surface area contributed by atoms with Gasteiger partial charge in [-0.2, -0.15) is 0 Å². The van der Waals surface area contributed by atoms with E-state index in [1.165, 1.54) is 0 Å². The van der Waals surface area contributed by atoms with Crippen LogP contribution in [0.3, 0.4) is 0 Å². The van der Waals surface area contributed by atoms with Crippen molar-refractivity contribution in [2.45, 2.75) is 26.7 Å². The standard InChI is InChI=1S/C24H26N2O4/c1-3-29-23(27)20(24(28)30-4-2)13-7-6-12-19-17-18-11-5-8-14-21(18)26(19)22-15-9-10-16-25-22/h5-11,14-17,20H,3-4,12-13H2,1-2H3/b7-6+. The molecule has 0 amide bonds. The van der Waals surface area contributed by atoms with E-state index in [0.717, 1.165) is 22.4 Å². The third kappa shape index (κ3) is 4.95. The van der Waals surface area contributed by atoms with Crippen LogP contribution in [0.25, 0.3) is 16.7 Å². The number of fused-ring (bicyclic) bond motifs is 1. The lowest BCUT2D eigenvalue weighted by molar-refractivity contribution is -0.161. The Bertz CT molecular complexity index is 1010. The van der Waals surface area contributed by atoms with E-state index >= 15 is 0 Å². The van der Waals surface area contributed by atoms with Gasteiger partial charge in [-0.15, -0.1) is 0 Å². The maximum atomic E-state index is 12.1. The number of carbonyl (C=O) groups excluding carboxylic acids is 2. The van der Waals surface area contributed by atoms with Gasteiger partial charge in [0.2, 0.25) is 0 Å². The van der Waals surface area contributed by atoms with E-state index in [0.29, 0.717) is 6.42 Å². The topological polar surface area (TPSA) is 70.4 Å². The first-order valence-electron chi connectivity index (χ1n) is 10.1. The van der Waals surface area contributed by atoms with Crippen molar-refractivity contribution in [3.63, 3.8) is 0 Å². The van der Waals surface area contributed by atoms with Gasteiger partial charge in [0, 0.05) is 23.7 Å². The maximum Gasteiger partial charge on any atom is 0.320 e. The van der Waals surface area contributed by atoms with Crippen LogP contribution < -0.4 is 0 Å². The number of hydrogen-bond acceptors (Lipinski definition) is 5. The Morgan fingerprint density at radius 3 is 2.37 bits per heavy atom. The second kappa shape index (κ2) is 10.4. The summed E-state index contributed by atoms with van der Waals surface area (Å²) in [6.45, 7) is 3.88. The lowest BCUT2D eigenvalue weighted by Crippen LogP contribution is -2.27. The summed E-state index contributed by atoms with van der Waals surface area (Å²) < 4.78 is 12.2. The molecule has 1 aromatic carbocycles. The first-order valence-corrected chi connectivity index (χ1v) is 10.1. The molecule has 0 radical (unpaired) electrons. The van der Waals surface area contributed by atoms with Gasteiger partial charge in [0.05, 0.1) is 18.7 Å². The molecule has 0 aliphatic heterocycles. The maximum absolute atomic E-state index is 12.1. The number of carbonyl (C=O) groups is 2. The summed E-state index contributed by atoms with van der Waals surface area (Å²) in [7, 11) is 0. The number of esters is 2. The zero-order chi connectivity index (χ0) is 21.3. The van der Waals surface area contributed by atoms with E-state index in [2.05, 4.69) is 27.8 Å². The summed E-state index contributed by atoms with van der Waals surface area (Å²) in [5, 5.41) is 1.13. The van der Waals surface area contributed by atoms with Crippen molar-refractivity contribution in [1.82, 2.24) is 9.55 Å². The van der Waals surface area contributed by atoms with Crippen molar-refractivity contribution < 1.29 is 19.1 Å². The number of ether oxygens (including phenoxy) is 2. The highest BCUT2D eigenvalue weighted by Gasteiger charge is 2.28. The van der Waals surface area contributed by atoms with E-state index in [1.54, 1.807) is 20.0 Å². The van der Waals surface area contributed by atoms with E-state index in [4.69, 9.17) is 9.47 Å². The molecule has 0 saturated heterocycles. The van der Waals surface area contributed by atoms with Gasteiger partial charge in [0.15, 0.2) is 5.92 Å². The van der Waals surface area contributed by atoms with Crippen molar-refractivity contribution in [3.8, 4) is 5.82 Å². The molecule has 0 aliphatic carbocycles. The van der Waals surface area contributed by atoms with Crippen LogP contribution in [0.2, 0.25) is 0 Å². The average Bonchev–Trinajstić information content (AvgIpc) is 3.12. The van der Waals surface area contributed by atoms with Crippen molar-refractivity contribution >= 4 is 22.8 Å². The Morgan fingerprint density at radius 1 is 1.00 bits per heavy atom. The molecule has 0 unspecified atom stereocenters. The van der Waals surface area contributed by atoms with Crippen LogP contribution in [0.1, 0.15) is 26.0 Å². The SMILES string of the molecule is CCOC(=O)C(C/C=C/Cc1cc2ccccc2n1-c1ccccn1)C(=O)OCC. The van der Waals surface area contributed by atoms with Crippen LogP contribution in [-0.4, -0.2) is 34.7 Å². The lowest BCUT2D eigenvalue weighted by atomic mass is 10.1. The van der Waals surface area contributed by atoms with Crippen molar-refractivity contribution in [2.75, 3.05) is 13.2 Å². The van der Waals surface area contributed by atoms with Gasteiger partial charge in [-0.05, 0) is 44.5 Å². The number of allylic oxidation sites excluding steroid dienone is 2. The summed E-state index contributed by atoms with van der Waals surface area (Å²) in [5.74, 6) is -1.20. The van der Waals surface area contributed by atoms with E-state index in [-0.39, 0.29) is 19.6 Å². The molecule has 3 aromatic rings. The lowest BCUT2D eigenvalue weighted by Gasteiger charge is -2.12. The number of hydrogen-bond donors (Lipinski definition) is 0. The Balaban J connectivity index is 1.80. The van der Waals surface area contributed by atoms with Crippen LogP contribution in [0, 0.1) is 5.92 Å². The third-order valence-corrected chi connectivity index (χ3v) is 4.67. The van der Waals surface area contributed by atoms with Gasteiger partial charge >= 0.3 is 11.9 Å². The van der Waals surface area contributed by atoms with E-state index in [9.17, 15) is 9.59 Å². The molecule has 6 heteroatoms. The van der Waals surface area contributed by atoms with Gasteiger partial charge in [-0.1, -0.05) is 36.4 Å². The van der Waals surface area contributed by atoms with Gasteiger partial charge in [-0.3, -0.25) is 14.2 Å². The van der Waals surface area contributed by atoms with Gasteiger partial charge in [0.1, 0.15) is 5.82 Å². The third-order valence-electron chi connectivity index (χ3n) is 4.67. The minimum atomic E-state index is -0.942. The molecule has 30 heavy (non-hydrogen) atoms. The van der Waals surface area contributed by atoms with Gasteiger partial charge in [-0.25, -0.2) is 4.98 Å². The summed E-state index contributed by atoms with van der Waals surface area (Å²) in [6, 6.07) is 16.1. The predicted octanol–water partition coefficient (Wildman–Crippen LogP) is 4.26. The number of rotatable bonds is 9. The average molecular weight is 406 g/mol. The number of nitrogens with zero attached hydrogens (tertiary/aromatic N) is 2. The normalized spacial score (nSPS) is 11.3. The van der Waals surface area contributed by atoms with Crippen LogP contribution >= 0.6 is 0 Å². The summed E-state index contributed by atoms with van der Waals surface area (Å²) >= 11 is 0. The van der Waals surface area contributed by atoms with Crippen molar-refractivity contribution in [1.29, 1.82) is 0 Å². The Labute approximate surface area is 176 Å². The Morgan fingerprint density at radius 2 is 1.70 bits per heavy atom. The zero-order valence-electron chi connectivity index (χ0n) is 17.3. The molecule has 0 spiro atoms. The van der Waals surface area contributed by atoms with Gasteiger partial charge < -0.3 is 9.47 Å². The number of pyridine rings is 1. The van der Waals surface area contributed by atoms with E-state index in [1.807, 2.05) is 42.5 Å². The minimum Gasteiger partial charge on any atom is -0.465 e. The van der Waals surface area contributed by atoms with Crippen molar-refractivity contribution in [3.05, 3.63) is 72.6 Å². The fourth-order valence-electron chi connectivity index (χ4n) is 3.33. The van der Waals surface area contributed by atoms with Crippen LogP contribution in [-0.2, 0) is 25.5 Å². The quantitative estimate of drug-likeness (QED) is 0.302. The van der Waals surface area contributed by atoms with Crippen LogP contribution in [0.15, 0.2) is 66.9 Å². The number of benzene rings is 1. The van der Waals surface area contributed by atoms with Crippen LogP contribution in [0.5, 0.6) is 0 Å². The molecule has 0 bridgehead atoms. The molecule has 3 rings (SSSR count). The number of para-hydroxylation sites is 1. The molecule has 156 valence electrons. The molecule has 2 heterocycles. The highest BCUT2D eigenvalue weighted by atomic mass is 16.6. The minimum absolute atomic E-state index is 0.225. The molecular weight excluding hydrogens is 380 g/mol. The molecule has 0 fully saturated rings. The smallest absolute Gasteiger partial charge is 0.320 e. The van der Waals surface area contributed by atoms with E-state index < -0.39 is 17.9 Å². The molecular formula is C24H26N2O4. The monoisotopic (exact) mass is 406 g/mol. The molecule has 2 aromatic heterocycles. The van der Waals surface area contributed by atoms with Crippen LogP contribution in [0.4, 0.5) is 0 Å².